The van der Waals surface area contributed by atoms with Crippen LogP contribution in [0.4, 0.5) is 0 Å². The van der Waals surface area contributed by atoms with Crippen molar-refractivity contribution in [2.24, 2.45) is 0 Å². The van der Waals surface area contributed by atoms with Gasteiger partial charge in [-0.3, -0.25) is 0 Å². The number of rotatable bonds is 6. The molecule has 0 spiro atoms. The number of benzene rings is 1. The first-order chi connectivity index (χ1) is 10.9. The second-order valence-electron chi connectivity index (χ2n) is 5.55. The molecular weight excluding hydrogens is 278 g/mol. The number of nitrogens with zero attached hydrogens (tertiary/aromatic N) is 3. The Morgan fingerprint density at radius 1 is 1.23 bits per heavy atom. The summed E-state index contributed by atoms with van der Waals surface area (Å²) >= 11 is 0. The molecule has 0 N–H and O–H groups in total. The van der Waals surface area contributed by atoms with Crippen molar-refractivity contribution >= 4 is 0 Å². The number of aromatic nitrogens is 3. The second-order valence-corrected chi connectivity index (χ2v) is 5.55. The average molecular weight is 301 g/mol. The first kappa shape index (κ1) is 15.2. The van der Waals surface area contributed by atoms with Crippen LogP contribution in [0, 0.1) is 0 Å². The van der Waals surface area contributed by atoms with Crippen molar-refractivity contribution in [3.63, 3.8) is 0 Å². The van der Waals surface area contributed by atoms with Crippen LogP contribution in [0.2, 0.25) is 0 Å². The van der Waals surface area contributed by atoms with E-state index in [1.807, 2.05) is 29.8 Å². The normalized spacial score (nSPS) is 16.0. The van der Waals surface area contributed by atoms with Gasteiger partial charge in [-0.2, -0.15) is 5.10 Å². The SMILES string of the molecule is CCOCc1nc(C2CCOCC2)nn1Cc1ccccc1. The molecule has 0 amide bonds. The predicted molar refractivity (Wildman–Crippen MR) is 83.7 cm³/mol. The van der Waals surface area contributed by atoms with Gasteiger partial charge in [-0.1, -0.05) is 30.3 Å². The predicted octanol–water partition coefficient (Wildman–Crippen LogP) is 2.76. The lowest BCUT2D eigenvalue weighted by Crippen LogP contribution is -2.15. The Labute approximate surface area is 131 Å². The molecular formula is C17H23N3O2. The fraction of sp³-hybridized carbons (Fsp3) is 0.529. The van der Waals surface area contributed by atoms with Crippen molar-refractivity contribution in [2.75, 3.05) is 19.8 Å². The average Bonchev–Trinajstić information content (AvgIpc) is 2.97. The number of ether oxygens (including phenoxy) is 2. The van der Waals surface area contributed by atoms with E-state index in [9.17, 15) is 0 Å². The van der Waals surface area contributed by atoms with Gasteiger partial charge in [0.15, 0.2) is 11.6 Å². The Hall–Kier alpha value is -1.72. The van der Waals surface area contributed by atoms with E-state index in [2.05, 4.69) is 12.1 Å². The van der Waals surface area contributed by atoms with Crippen molar-refractivity contribution in [1.82, 2.24) is 14.8 Å². The zero-order valence-electron chi connectivity index (χ0n) is 13.1. The van der Waals surface area contributed by atoms with Crippen LogP contribution in [0.3, 0.4) is 0 Å². The van der Waals surface area contributed by atoms with Gasteiger partial charge in [0.1, 0.15) is 6.61 Å². The third-order valence-corrected chi connectivity index (χ3v) is 3.96. The highest BCUT2D eigenvalue weighted by molar-refractivity contribution is 5.15. The van der Waals surface area contributed by atoms with Crippen molar-refractivity contribution < 1.29 is 9.47 Å². The third-order valence-electron chi connectivity index (χ3n) is 3.96. The van der Waals surface area contributed by atoms with Crippen LogP contribution in [-0.4, -0.2) is 34.6 Å². The summed E-state index contributed by atoms with van der Waals surface area (Å²) in [6.07, 6.45) is 2.01. The standard InChI is InChI=1S/C17H23N3O2/c1-2-21-13-16-18-17(15-8-10-22-11-9-15)19-20(16)12-14-6-4-3-5-7-14/h3-7,15H,2,8-13H2,1H3. The molecule has 5 nitrogen and oxygen atoms in total. The maximum absolute atomic E-state index is 5.55. The van der Waals surface area contributed by atoms with Gasteiger partial charge in [-0.15, -0.1) is 0 Å². The molecule has 5 heteroatoms. The summed E-state index contributed by atoms with van der Waals surface area (Å²) in [6, 6.07) is 10.3. The lowest BCUT2D eigenvalue weighted by Gasteiger charge is -2.18. The molecule has 0 bridgehead atoms. The van der Waals surface area contributed by atoms with E-state index in [1.54, 1.807) is 0 Å². The van der Waals surface area contributed by atoms with Gasteiger partial charge in [0, 0.05) is 25.7 Å². The summed E-state index contributed by atoms with van der Waals surface area (Å²) < 4.78 is 13.0. The van der Waals surface area contributed by atoms with Gasteiger partial charge < -0.3 is 9.47 Å². The zero-order valence-corrected chi connectivity index (χ0v) is 13.1. The van der Waals surface area contributed by atoms with E-state index in [0.29, 0.717) is 19.1 Å². The molecule has 2 heterocycles. The minimum absolute atomic E-state index is 0.408. The summed E-state index contributed by atoms with van der Waals surface area (Å²) in [5.74, 6) is 2.26. The molecule has 22 heavy (non-hydrogen) atoms. The van der Waals surface area contributed by atoms with E-state index in [0.717, 1.165) is 44.2 Å². The van der Waals surface area contributed by atoms with E-state index in [4.69, 9.17) is 19.6 Å². The molecule has 3 rings (SSSR count). The van der Waals surface area contributed by atoms with Gasteiger partial charge in [-0.05, 0) is 25.3 Å². The molecule has 1 aromatic heterocycles. The number of hydrogen-bond acceptors (Lipinski definition) is 4. The van der Waals surface area contributed by atoms with Crippen LogP contribution in [0.1, 0.15) is 42.9 Å². The van der Waals surface area contributed by atoms with E-state index in [1.165, 1.54) is 5.56 Å². The van der Waals surface area contributed by atoms with Crippen molar-refractivity contribution in [3.8, 4) is 0 Å². The fourth-order valence-corrected chi connectivity index (χ4v) is 2.71. The minimum Gasteiger partial charge on any atom is -0.381 e. The largest absolute Gasteiger partial charge is 0.381 e. The molecule has 1 aromatic carbocycles. The van der Waals surface area contributed by atoms with Crippen LogP contribution < -0.4 is 0 Å². The van der Waals surface area contributed by atoms with Gasteiger partial charge >= 0.3 is 0 Å². The molecule has 0 aliphatic carbocycles. The summed E-state index contributed by atoms with van der Waals surface area (Å²) in [5, 5.41) is 4.75. The Morgan fingerprint density at radius 2 is 2.00 bits per heavy atom. The summed E-state index contributed by atoms with van der Waals surface area (Å²) in [5.41, 5.74) is 1.23. The zero-order chi connectivity index (χ0) is 15.2. The van der Waals surface area contributed by atoms with E-state index < -0.39 is 0 Å². The smallest absolute Gasteiger partial charge is 0.154 e. The maximum atomic E-state index is 5.55. The van der Waals surface area contributed by atoms with Crippen molar-refractivity contribution in [1.29, 1.82) is 0 Å². The summed E-state index contributed by atoms with van der Waals surface area (Å²) in [7, 11) is 0. The van der Waals surface area contributed by atoms with Crippen LogP contribution >= 0.6 is 0 Å². The van der Waals surface area contributed by atoms with Crippen LogP contribution in [0.5, 0.6) is 0 Å². The molecule has 0 radical (unpaired) electrons. The lowest BCUT2D eigenvalue weighted by molar-refractivity contribution is 0.0835. The summed E-state index contributed by atoms with van der Waals surface area (Å²) in [6.45, 7) is 5.54. The molecule has 1 aliphatic rings. The molecule has 118 valence electrons. The van der Waals surface area contributed by atoms with E-state index in [-0.39, 0.29) is 0 Å². The van der Waals surface area contributed by atoms with Crippen molar-refractivity contribution in [2.45, 2.75) is 38.8 Å². The molecule has 1 fully saturated rings. The maximum Gasteiger partial charge on any atom is 0.154 e. The fourth-order valence-electron chi connectivity index (χ4n) is 2.71. The number of hydrogen-bond donors (Lipinski definition) is 0. The first-order valence-corrected chi connectivity index (χ1v) is 8.00. The Balaban J connectivity index is 1.80. The highest BCUT2D eigenvalue weighted by Crippen LogP contribution is 2.24. The van der Waals surface area contributed by atoms with Crippen LogP contribution in [0.15, 0.2) is 30.3 Å². The molecule has 0 unspecified atom stereocenters. The highest BCUT2D eigenvalue weighted by atomic mass is 16.5. The minimum atomic E-state index is 0.408. The van der Waals surface area contributed by atoms with Gasteiger partial charge in [-0.25, -0.2) is 9.67 Å². The molecule has 1 saturated heterocycles. The molecule has 0 atom stereocenters. The molecule has 2 aromatic rings. The quantitative estimate of drug-likeness (QED) is 0.823. The topological polar surface area (TPSA) is 49.2 Å². The Kier molecular flexibility index (Phi) is 5.19. The van der Waals surface area contributed by atoms with Gasteiger partial charge in [0.2, 0.25) is 0 Å². The highest BCUT2D eigenvalue weighted by Gasteiger charge is 2.22. The van der Waals surface area contributed by atoms with Crippen LogP contribution in [-0.2, 0) is 22.6 Å². The van der Waals surface area contributed by atoms with Crippen LogP contribution in [0.25, 0.3) is 0 Å². The second kappa shape index (κ2) is 7.51. The monoisotopic (exact) mass is 301 g/mol. The van der Waals surface area contributed by atoms with E-state index >= 15 is 0 Å². The molecule has 0 saturated carbocycles. The Bertz CT molecular complexity index is 577. The van der Waals surface area contributed by atoms with Gasteiger partial charge in [0.25, 0.3) is 0 Å². The lowest BCUT2D eigenvalue weighted by atomic mass is 10.00. The Morgan fingerprint density at radius 3 is 2.73 bits per heavy atom. The summed E-state index contributed by atoms with van der Waals surface area (Å²) in [4.78, 5) is 4.74. The first-order valence-electron chi connectivity index (χ1n) is 8.00. The molecule has 1 aliphatic heterocycles. The van der Waals surface area contributed by atoms with Crippen molar-refractivity contribution in [3.05, 3.63) is 47.5 Å². The van der Waals surface area contributed by atoms with Gasteiger partial charge in [0.05, 0.1) is 6.54 Å². The third kappa shape index (κ3) is 3.72.